The number of rotatable bonds is 7. The van der Waals surface area contributed by atoms with Crippen molar-refractivity contribution in [2.75, 3.05) is 6.54 Å². The van der Waals surface area contributed by atoms with Crippen LogP contribution < -0.4 is 5.56 Å². The number of pyridine rings is 1. The van der Waals surface area contributed by atoms with Crippen molar-refractivity contribution in [3.63, 3.8) is 0 Å². The monoisotopic (exact) mass is 467 g/mol. The van der Waals surface area contributed by atoms with Gasteiger partial charge >= 0.3 is 0 Å². The van der Waals surface area contributed by atoms with Crippen LogP contribution in [0.1, 0.15) is 46.8 Å². The second-order valence-corrected chi connectivity index (χ2v) is 8.81. The molecule has 1 aliphatic heterocycles. The lowest BCUT2D eigenvalue weighted by Crippen LogP contribution is -2.29. The average molecular weight is 468 g/mol. The standard InChI is InChI=1S/C23H21N3O4S2/c1-3-25-20(28)16(13-24)14(2)19(22(25)30)17(27)10-7-11-26-21(29)18(32-23(26)31)12-15-8-5-4-6-9-15/h4-6,8-9,12,30H,3,7,10-11H2,1-2H3/b18-12-. The molecule has 1 saturated heterocycles. The SMILES string of the molecule is CCn1c(O)c(C(=O)CCCN2C(=O)/C(=C/c3ccccc3)SC2=S)c(C)c(C#N)c1=O. The van der Waals surface area contributed by atoms with Crippen LogP contribution in [0, 0.1) is 18.3 Å². The van der Waals surface area contributed by atoms with Gasteiger partial charge in [0.1, 0.15) is 16.0 Å². The number of thioether (sulfide) groups is 1. The molecule has 1 aliphatic rings. The van der Waals surface area contributed by atoms with Crippen LogP contribution in [0.3, 0.4) is 0 Å². The van der Waals surface area contributed by atoms with Gasteiger partial charge in [-0.15, -0.1) is 0 Å². The van der Waals surface area contributed by atoms with Crippen LogP contribution in [-0.4, -0.2) is 37.1 Å². The first kappa shape index (κ1) is 23.4. The zero-order chi connectivity index (χ0) is 23.4. The molecule has 0 unspecified atom stereocenters. The number of carbonyl (C=O) groups is 2. The number of aromatic nitrogens is 1. The van der Waals surface area contributed by atoms with Crippen molar-refractivity contribution in [2.24, 2.45) is 0 Å². The number of nitriles is 1. The Bertz CT molecular complexity index is 1230. The normalized spacial score (nSPS) is 14.8. The van der Waals surface area contributed by atoms with Gasteiger partial charge in [0.2, 0.25) is 5.88 Å². The van der Waals surface area contributed by atoms with Crippen molar-refractivity contribution < 1.29 is 14.7 Å². The summed E-state index contributed by atoms with van der Waals surface area (Å²) in [6.45, 7) is 3.50. The quantitative estimate of drug-likeness (QED) is 0.377. The molecule has 164 valence electrons. The third-order valence-corrected chi connectivity index (χ3v) is 6.53. The molecule has 1 aromatic heterocycles. The number of hydrogen-bond donors (Lipinski definition) is 1. The molecular formula is C23H21N3O4S2. The van der Waals surface area contributed by atoms with Crippen molar-refractivity contribution in [1.29, 1.82) is 5.26 Å². The molecule has 0 saturated carbocycles. The molecule has 0 aliphatic carbocycles. The smallest absolute Gasteiger partial charge is 0.271 e. The predicted octanol–water partition coefficient (Wildman–Crippen LogP) is 3.62. The van der Waals surface area contributed by atoms with Crippen LogP contribution in [0.2, 0.25) is 0 Å². The van der Waals surface area contributed by atoms with Gasteiger partial charge in [0.25, 0.3) is 11.5 Å². The summed E-state index contributed by atoms with van der Waals surface area (Å²) in [6, 6.07) is 11.3. The highest BCUT2D eigenvalue weighted by Crippen LogP contribution is 2.33. The Morgan fingerprint density at radius 1 is 1.28 bits per heavy atom. The first-order chi connectivity index (χ1) is 15.3. The predicted molar refractivity (Wildman–Crippen MR) is 127 cm³/mol. The Balaban J connectivity index is 1.72. The number of Topliss-reactive ketones (excluding diaryl/α,β-unsaturated/α-hetero) is 1. The number of thiocarbonyl (C=S) groups is 1. The number of hydrogen-bond acceptors (Lipinski definition) is 7. The Labute approximate surface area is 195 Å². The molecule has 3 rings (SSSR count). The fraction of sp³-hybridized carbons (Fsp3) is 0.261. The summed E-state index contributed by atoms with van der Waals surface area (Å²) in [7, 11) is 0. The number of aromatic hydroxyl groups is 1. The Hall–Kier alpha value is -3.22. The van der Waals surface area contributed by atoms with Crippen molar-refractivity contribution >= 4 is 46.1 Å². The molecule has 2 aromatic rings. The summed E-state index contributed by atoms with van der Waals surface area (Å²) in [5.41, 5.74) is 0.257. The van der Waals surface area contributed by atoms with Gasteiger partial charge in [0.05, 0.1) is 10.5 Å². The first-order valence-electron chi connectivity index (χ1n) is 10.00. The Kier molecular flexibility index (Phi) is 7.28. The molecule has 1 fully saturated rings. The van der Waals surface area contributed by atoms with Gasteiger partial charge in [0, 0.05) is 19.5 Å². The van der Waals surface area contributed by atoms with E-state index < -0.39 is 17.2 Å². The highest BCUT2D eigenvalue weighted by Gasteiger charge is 2.32. The topological polar surface area (TPSA) is 103 Å². The number of amides is 1. The third-order valence-electron chi connectivity index (χ3n) is 5.15. The van der Waals surface area contributed by atoms with E-state index in [9.17, 15) is 24.8 Å². The van der Waals surface area contributed by atoms with Crippen LogP contribution in [0.25, 0.3) is 6.08 Å². The Morgan fingerprint density at radius 2 is 1.97 bits per heavy atom. The number of ketones is 1. The van der Waals surface area contributed by atoms with Crippen LogP contribution in [0.5, 0.6) is 5.88 Å². The lowest BCUT2D eigenvalue weighted by Gasteiger charge is -2.16. The maximum Gasteiger partial charge on any atom is 0.271 e. The molecule has 1 N–H and O–H groups in total. The van der Waals surface area contributed by atoms with E-state index in [1.54, 1.807) is 13.0 Å². The van der Waals surface area contributed by atoms with Crippen molar-refractivity contribution in [3.8, 4) is 11.9 Å². The van der Waals surface area contributed by atoms with Crippen LogP contribution in [-0.2, 0) is 11.3 Å². The van der Waals surface area contributed by atoms with Gasteiger partial charge in [-0.1, -0.05) is 54.3 Å². The summed E-state index contributed by atoms with van der Waals surface area (Å²) < 4.78 is 1.44. The molecule has 7 nitrogen and oxygen atoms in total. The molecule has 0 bridgehead atoms. The summed E-state index contributed by atoms with van der Waals surface area (Å²) in [6.07, 6.45) is 2.12. The zero-order valence-electron chi connectivity index (χ0n) is 17.6. The summed E-state index contributed by atoms with van der Waals surface area (Å²) in [4.78, 5) is 39.8. The van der Waals surface area contributed by atoms with Gasteiger partial charge in [-0.3, -0.25) is 23.9 Å². The minimum absolute atomic E-state index is 0.0238. The molecular weight excluding hydrogens is 446 g/mol. The highest BCUT2D eigenvalue weighted by atomic mass is 32.2. The fourth-order valence-corrected chi connectivity index (χ4v) is 4.80. The van der Waals surface area contributed by atoms with E-state index in [2.05, 4.69) is 0 Å². The summed E-state index contributed by atoms with van der Waals surface area (Å²) >= 11 is 6.55. The molecule has 0 spiro atoms. The summed E-state index contributed by atoms with van der Waals surface area (Å²) in [5.74, 6) is -1.04. The van der Waals surface area contributed by atoms with E-state index in [1.807, 2.05) is 36.4 Å². The highest BCUT2D eigenvalue weighted by molar-refractivity contribution is 8.26. The maximum atomic E-state index is 12.8. The number of benzene rings is 1. The van der Waals surface area contributed by atoms with Crippen LogP contribution >= 0.6 is 24.0 Å². The molecule has 1 aromatic carbocycles. The van der Waals surface area contributed by atoms with E-state index in [0.29, 0.717) is 15.6 Å². The molecule has 32 heavy (non-hydrogen) atoms. The second-order valence-electron chi connectivity index (χ2n) is 7.13. The van der Waals surface area contributed by atoms with E-state index in [-0.39, 0.29) is 42.1 Å². The van der Waals surface area contributed by atoms with E-state index in [4.69, 9.17) is 12.2 Å². The minimum Gasteiger partial charge on any atom is -0.494 e. The minimum atomic E-state index is -0.621. The number of nitrogens with zero attached hydrogens (tertiary/aromatic N) is 3. The van der Waals surface area contributed by atoms with E-state index in [1.165, 1.54) is 23.6 Å². The van der Waals surface area contributed by atoms with Crippen molar-refractivity contribution in [1.82, 2.24) is 9.47 Å². The Morgan fingerprint density at radius 3 is 2.59 bits per heavy atom. The lowest BCUT2D eigenvalue weighted by molar-refractivity contribution is -0.122. The fourth-order valence-electron chi connectivity index (χ4n) is 3.49. The molecule has 1 amide bonds. The van der Waals surface area contributed by atoms with Crippen molar-refractivity contribution in [3.05, 3.63) is 67.8 Å². The van der Waals surface area contributed by atoms with Crippen LogP contribution in [0.15, 0.2) is 40.0 Å². The van der Waals surface area contributed by atoms with E-state index in [0.717, 1.165) is 10.1 Å². The molecule has 0 radical (unpaired) electrons. The average Bonchev–Trinajstić information content (AvgIpc) is 3.02. The maximum absolute atomic E-state index is 12.8. The second kappa shape index (κ2) is 9.94. The van der Waals surface area contributed by atoms with Gasteiger partial charge in [-0.05, 0) is 37.5 Å². The van der Waals surface area contributed by atoms with E-state index >= 15 is 0 Å². The molecule has 2 heterocycles. The lowest BCUT2D eigenvalue weighted by atomic mass is 9.99. The third kappa shape index (κ3) is 4.52. The molecule has 9 heteroatoms. The molecule has 0 atom stereocenters. The van der Waals surface area contributed by atoms with Gasteiger partial charge < -0.3 is 5.11 Å². The van der Waals surface area contributed by atoms with Gasteiger partial charge in [-0.25, -0.2) is 0 Å². The summed E-state index contributed by atoms with van der Waals surface area (Å²) in [5, 5.41) is 19.7. The van der Waals surface area contributed by atoms with Crippen molar-refractivity contribution in [2.45, 2.75) is 33.2 Å². The zero-order valence-corrected chi connectivity index (χ0v) is 19.3. The first-order valence-corrected chi connectivity index (χ1v) is 11.2. The van der Waals surface area contributed by atoms with Crippen LogP contribution in [0.4, 0.5) is 0 Å². The number of carbonyl (C=O) groups excluding carboxylic acids is 2. The van der Waals surface area contributed by atoms with Gasteiger partial charge in [0.15, 0.2) is 5.78 Å². The largest absolute Gasteiger partial charge is 0.494 e. The van der Waals surface area contributed by atoms with Gasteiger partial charge in [-0.2, -0.15) is 5.26 Å².